The first kappa shape index (κ1) is 18.2. The summed E-state index contributed by atoms with van der Waals surface area (Å²) in [6, 6.07) is 11.4. The molecule has 3 heterocycles. The first-order chi connectivity index (χ1) is 13.5. The van der Waals surface area contributed by atoms with Crippen molar-refractivity contribution in [2.75, 3.05) is 19.7 Å². The quantitative estimate of drug-likeness (QED) is 0.759. The number of fused-ring (bicyclic) bond motifs is 1. The molecule has 1 aromatic carbocycles. The Bertz CT molecular complexity index is 1070. The predicted molar refractivity (Wildman–Crippen MR) is 108 cm³/mol. The molecule has 144 valence electrons. The number of H-pyrrole nitrogens is 1. The van der Waals surface area contributed by atoms with Crippen molar-refractivity contribution in [1.82, 2.24) is 14.9 Å². The van der Waals surface area contributed by atoms with E-state index in [9.17, 15) is 9.59 Å². The van der Waals surface area contributed by atoms with E-state index in [1.165, 1.54) is 0 Å². The number of carbonyl (C=O) groups is 1. The molecule has 2 aromatic heterocycles. The number of amides is 1. The molecule has 0 saturated carbocycles. The van der Waals surface area contributed by atoms with Gasteiger partial charge in [-0.05, 0) is 49.6 Å². The number of rotatable bonds is 4. The minimum atomic E-state index is -0.135. The number of hydrogen-bond donors (Lipinski definition) is 1. The SMILES string of the molecule is Cc1cccc(C)c1OCC(=O)N1CC[C@@H](c2cc3ncccc3c(=O)[nH]2)C1. The van der Waals surface area contributed by atoms with E-state index in [1.54, 1.807) is 23.2 Å². The summed E-state index contributed by atoms with van der Waals surface area (Å²) in [6.45, 7) is 5.20. The lowest BCUT2D eigenvalue weighted by molar-refractivity contribution is -0.132. The van der Waals surface area contributed by atoms with Gasteiger partial charge in [-0.25, -0.2) is 0 Å². The van der Waals surface area contributed by atoms with Crippen molar-refractivity contribution in [3.63, 3.8) is 0 Å². The number of carbonyl (C=O) groups excluding carboxylic acids is 1. The third-order valence-electron chi connectivity index (χ3n) is 5.36. The van der Waals surface area contributed by atoms with Crippen molar-refractivity contribution < 1.29 is 9.53 Å². The second-order valence-electron chi connectivity index (χ2n) is 7.32. The van der Waals surface area contributed by atoms with Crippen LogP contribution in [-0.2, 0) is 4.79 Å². The molecular weight excluding hydrogens is 354 g/mol. The van der Waals surface area contributed by atoms with Crippen LogP contribution in [0.25, 0.3) is 10.9 Å². The first-order valence-electron chi connectivity index (χ1n) is 9.47. The Morgan fingerprint density at radius 1 is 1.25 bits per heavy atom. The van der Waals surface area contributed by atoms with E-state index >= 15 is 0 Å². The molecule has 4 rings (SSSR count). The number of nitrogens with zero attached hydrogens (tertiary/aromatic N) is 2. The van der Waals surface area contributed by atoms with E-state index < -0.39 is 0 Å². The highest BCUT2D eigenvalue weighted by molar-refractivity contribution is 5.79. The van der Waals surface area contributed by atoms with Gasteiger partial charge in [-0.2, -0.15) is 0 Å². The van der Waals surface area contributed by atoms with Crippen LogP contribution < -0.4 is 10.3 Å². The first-order valence-corrected chi connectivity index (χ1v) is 9.47. The van der Waals surface area contributed by atoms with Gasteiger partial charge in [0.25, 0.3) is 11.5 Å². The number of aryl methyl sites for hydroxylation is 2. The lowest BCUT2D eigenvalue weighted by Crippen LogP contribution is -2.33. The minimum Gasteiger partial charge on any atom is -0.483 e. The van der Waals surface area contributed by atoms with Crippen LogP contribution in [0.5, 0.6) is 5.75 Å². The van der Waals surface area contributed by atoms with E-state index in [4.69, 9.17) is 4.74 Å². The fraction of sp³-hybridized carbons (Fsp3) is 0.318. The van der Waals surface area contributed by atoms with Crippen molar-refractivity contribution >= 4 is 16.8 Å². The van der Waals surface area contributed by atoms with Gasteiger partial charge >= 0.3 is 0 Å². The molecule has 1 aliphatic heterocycles. The Kier molecular flexibility index (Phi) is 4.86. The summed E-state index contributed by atoms with van der Waals surface area (Å²) in [4.78, 5) is 34.0. The van der Waals surface area contributed by atoms with Crippen LogP contribution in [0.2, 0.25) is 0 Å². The van der Waals surface area contributed by atoms with Gasteiger partial charge in [0.2, 0.25) is 0 Å². The molecule has 1 saturated heterocycles. The van der Waals surface area contributed by atoms with E-state index in [-0.39, 0.29) is 24.0 Å². The summed E-state index contributed by atoms with van der Waals surface area (Å²) in [5.41, 5.74) is 3.43. The number of hydrogen-bond acceptors (Lipinski definition) is 4. The van der Waals surface area contributed by atoms with Crippen LogP contribution in [0.15, 0.2) is 47.4 Å². The van der Waals surface area contributed by atoms with Crippen LogP contribution in [-0.4, -0.2) is 40.5 Å². The fourth-order valence-electron chi connectivity index (χ4n) is 3.82. The summed E-state index contributed by atoms with van der Waals surface area (Å²) < 4.78 is 5.80. The fourth-order valence-corrected chi connectivity index (χ4v) is 3.82. The van der Waals surface area contributed by atoms with Gasteiger partial charge < -0.3 is 14.6 Å². The van der Waals surface area contributed by atoms with E-state index in [2.05, 4.69) is 9.97 Å². The molecule has 0 spiro atoms. The topological polar surface area (TPSA) is 75.3 Å². The standard InChI is InChI=1S/C22H23N3O3/c1-14-5-3-6-15(2)21(14)28-13-20(26)25-10-8-16(12-25)18-11-19-17(22(27)24-18)7-4-9-23-19/h3-7,9,11,16H,8,10,12-13H2,1-2H3,(H,24,27)/t16-/m1/s1. The molecule has 0 bridgehead atoms. The molecule has 1 atom stereocenters. The van der Waals surface area contributed by atoms with Gasteiger partial charge in [-0.15, -0.1) is 0 Å². The molecule has 1 N–H and O–H groups in total. The van der Waals surface area contributed by atoms with Crippen molar-refractivity contribution in [1.29, 1.82) is 0 Å². The Morgan fingerprint density at radius 2 is 2.04 bits per heavy atom. The van der Waals surface area contributed by atoms with Crippen molar-refractivity contribution in [2.24, 2.45) is 0 Å². The lowest BCUT2D eigenvalue weighted by atomic mass is 10.0. The maximum absolute atomic E-state index is 12.6. The van der Waals surface area contributed by atoms with E-state index in [0.717, 1.165) is 29.0 Å². The molecule has 1 fully saturated rings. The number of pyridine rings is 2. The molecule has 0 radical (unpaired) electrons. The molecule has 6 heteroatoms. The van der Waals surface area contributed by atoms with Gasteiger partial charge in [0.15, 0.2) is 6.61 Å². The normalized spacial score (nSPS) is 16.5. The van der Waals surface area contributed by atoms with Crippen LogP contribution in [0.3, 0.4) is 0 Å². The third-order valence-corrected chi connectivity index (χ3v) is 5.36. The largest absolute Gasteiger partial charge is 0.483 e. The van der Waals surface area contributed by atoms with Crippen molar-refractivity contribution in [3.05, 3.63) is 69.8 Å². The Hall–Kier alpha value is -3.15. The zero-order chi connectivity index (χ0) is 19.7. The highest BCUT2D eigenvalue weighted by Gasteiger charge is 2.28. The molecule has 28 heavy (non-hydrogen) atoms. The van der Waals surface area contributed by atoms with E-state index in [1.807, 2.05) is 38.1 Å². The number of ether oxygens (including phenoxy) is 1. The molecule has 0 aliphatic carbocycles. The maximum Gasteiger partial charge on any atom is 0.260 e. The Morgan fingerprint density at radius 3 is 2.82 bits per heavy atom. The summed E-state index contributed by atoms with van der Waals surface area (Å²) >= 11 is 0. The molecule has 0 unspecified atom stereocenters. The summed E-state index contributed by atoms with van der Waals surface area (Å²) in [5.74, 6) is 0.839. The Labute approximate surface area is 163 Å². The van der Waals surface area contributed by atoms with Gasteiger partial charge in [0.1, 0.15) is 5.75 Å². The third kappa shape index (κ3) is 3.50. The average Bonchev–Trinajstić information content (AvgIpc) is 3.18. The average molecular weight is 377 g/mol. The molecule has 3 aromatic rings. The lowest BCUT2D eigenvalue weighted by Gasteiger charge is -2.18. The van der Waals surface area contributed by atoms with Crippen LogP contribution >= 0.6 is 0 Å². The second kappa shape index (κ2) is 7.46. The number of benzene rings is 1. The molecule has 1 amide bonds. The zero-order valence-electron chi connectivity index (χ0n) is 16.1. The maximum atomic E-state index is 12.6. The van der Waals surface area contributed by atoms with Crippen LogP contribution in [0.4, 0.5) is 0 Å². The minimum absolute atomic E-state index is 0.0220. The van der Waals surface area contributed by atoms with E-state index in [0.29, 0.717) is 24.0 Å². The summed E-state index contributed by atoms with van der Waals surface area (Å²) in [5, 5.41) is 0.583. The van der Waals surface area contributed by atoms with Gasteiger partial charge in [0, 0.05) is 30.9 Å². The van der Waals surface area contributed by atoms with Gasteiger partial charge in [0.05, 0.1) is 10.9 Å². The van der Waals surface area contributed by atoms with Gasteiger partial charge in [-0.1, -0.05) is 18.2 Å². The zero-order valence-corrected chi connectivity index (χ0v) is 16.1. The van der Waals surface area contributed by atoms with Gasteiger partial charge in [-0.3, -0.25) is 14.6 Å². The summed E-state index contributed by atoms with van der Waals surface area (Å²) in [7, 11) is 0. The molecule has 1 aliphatic rings. The second-order valence-corrected chi connectivity index (χ2v) is 7.32. The Balaban J connectivity index is 1.44. The number of para-hydroxylation sites is 1. The smallest absolute Gasteiger partial charge is 0.260 e. The number of likely N-dealkylation sites (tertiary alicyclic amines) is 1. The number of aromatic nitrogens is 2. The number of nitrogens with one attached hydrogen (secondary N) is 1. The van der Waals surface area contributed by atoms with Crippen LogP contribution in [0, 0.1) is 13.8 Å². The summed E-state index contributed by atoms with van der Waals surface area (Å²) in [6.07, 6.45) is 2.49. The monoisotopic (exact) mass is 377 g/mol. The molecule has 6 nitrogen and oxygen atoms in total. The highest BCUT2D eigenvalue weighted by Crippen LogP contribution is 2.27. The molecular formula is C22H23N3O3. The van der Waals surface area contributed by atoms with Crippen molar-refractivity contribution in [3.8, 4) is 5.75 Å². The number of aromatic amines is 1. The van der Waals surface area contributed by atoms with Crippen molar-refractivity contribution in [2.45, 2.75) is 26.2 Å². The van der Waals surface area contributed by atoms with Crippen LogP contribution in [0.1, 0.15) is 29.2 Å². The predicted octanol–water partition coefficient (Wildman–Crippen LogP) is 2.93. The highest BCUT2D eigenvalue weighted by atomic mass is 16.5.